The number of hydrogen-bond acceptors (Lipinski definition) is 5. The van der Waals surface area contributed by atoms with Gasteiger partial charge in [-0.25, -0.2) is 19.2 Å². The zero-order chi connectivity index (χ0) is 20.5. The lowest BCUT2D eigenvalue weighted by Crippen LogP contribution is -2.23. The van der Waals surface area contributed by atoms with Crippen molar-refractivity contribution >= 4 is 5.97 Å². The van der Waals surface area contributed by atoms with Crippen molar-refractivity contribution in [2.45, 2.75) is 19.3 Å². The Kier molecular flexibility index (Phi) is 4.84. The first-order valence-corrected chi connectivity index (χ1v) is 8.19. The summed E-state index contributed by atoms with van der Waals surface area (Å²) in [5, 5.41) is 17.9. The van der Waals surface area contributed by atoms with Gasteiger partial charge in [0.25, 0.3) is 0 Å². The zero-order valence-electron chi connectivity index (χ0n) is 14.9. The number of carboxylic acid groups (broad SMARTS) is 1. The van der Waals surface area contributed by atoms with E-state index in [4.69, 9.17) is 10.4 Å². The van der Waals surface area contributed by atoms with E-state index >= 15 is 0 Å². The molecule has 0 aliphatic heterocycles. The summed E-state index contributed by atoms with van der Waals surface area (Å²) < 4.78 is 28.1. The van der Waals surface area contributed by atoms with Gasteiger partial charge in [0.15, 0.2) is 11.5 Å². The van der Waals surface area contributed by atoms with Gasteiger partial charge in [-0.1, -0.05) is 12.1 Å². The van der Waals surface area contributed by atoms with E-state index in [0.29, 0.717) is 11.4 Å². The zero-order valence-corrected chi connectivity index (χ0v) is 14.9. The van der Waals surface area contributed by atoms with Crippen molar-refractivity contribution < 1.29 is 18.7 Å². The van der Waals surface area contributed by atoms with Gasteiger partial charge < -0.3 is 5.11 Å². The molecule has 0 aliphatic carbocycles. The van der Waals surface area contributed by atoms with E-state index in [0.717, 1.165) is 6.07 Å². The maximum atomic E-state index is 14.2. The quantitative estimate of drug-likeness (QED) is 0.693. The van der Waals surface area contributed by atoms with E-state index in [1.807, 2.05) is 0 Å². The Hall–Kier alpha value is -3.73. The summed E-state index contributed by atoms with van der Waals surface area (Å²) in [6, 6.07) is 11.8. The highest BCUT2D eigenvalue weighted by Gasteiger charge is 2.28. The van der Waals surface area contributed by atoms with E-state index in [9.17, 15) is 13.6 Å². The first kappa shape index (κ1) is 19.0. The monoisotopic (exact) mass is 380 g/mol. The van der Waals surface area contributed by atoms with Crippen LogP contribution < -0.4 is 0 Å². The fourth-order valence-corrected chi connectivity index (χ4v) is 2.69. The fraction of sp³-hybridized carbons (Fsp3) is 0.150. The summed E-state index contributed by atoms with van der Waals surface area (Å²) in [4.78, 5) is 23.1. The molecule has 0 aliphatic rings. The van der Waals surface area contributed by atoms with Crippen molar-refractivity contribution in [3.05, 3.63) is 77.0 Å². The molecule has 0 atom stereocenters. The molecular weight excluding hydrogens is 366 g/mol. The molecule has 0 spiro atoms. The lowest BCUT2D eigenvalue weighted by Gasteiger charge is -2.24. The maximum absolute atomic E-state index is 14.2. The number of halogens is 2. The molecule has 0 saturated heterocycles. The molecule has 0 radical (unpaired) electrons. The molecule has 3 aromatic rings. The third-order valence-corrected chi connectivity index (χ3v) is 4.31. The molecular formula is C20H14F2N4O2. The van der Waals surface area contributed by atoms with Gasteiger partial charge >= 0.3 is 5.97 Å². The minimum Gasteiger partial charge on any atom is -0.477 e. The van der Waals surface area contributed by atoms with Crippen molar-refractivity contribution in [3.63, 3.8) is 0 Å². The molecule has 0 bridgehead atoms. The summed E-state index contributed by atoms with van der Waals surface area (Å²) in [6.45, 7) is 3.59. The van der Waals surface area contributed by atoms with Crippen LogP contribution in [0.1, 0.15) is 41.4 Å². The molecule has 0 aromatic carbocycles. The molecule has 6 nitrogen and oxygen atoms in total. The van der Waals surface area contributed by atoms with Crippen molar-refractivity contribution in [1.82, 2.24) is 15.0 Å². The minimum atomic E-state index is -1.15. The number of aromatic nitrogens is 3. The van der Waals surface area contributed by atoms with Crippen LogP contribution in [0.15, 0.2) is 42.5 Å². The number of carboxylic acids is 1. The number of pyridine rings is 3. The molecule has 3 heterocycles. The number of nitriles is 1. The Morgan fingerprint density at radius 1 is 1.07 bits per heavy atom. The van der Waals surface area contributed by atoms with Crippen LogP contribution >= 0.6 is 0 Å². The SMILES string of the molecule is CC(C)(c1cccc(C(=O)O)n1)c1cccc(-c2cc(F)c(C#N)nc2F)n1. The molecule has 0 fully saturated rings. The minimum absolute atomic E-state index is 0.105. The predicted molar refractivity (Wildman–Crippen MR) is 95.4 cm³/mol. The first-order valence-electron chi connectivity index (χ1n) is 8.19. The Morgan fingerprint density at radius 2 is 1.71 bits per heavy atom. The smallest absolute Gasteiger partial charge is 0.354 e. The van der Waals surface area contributed by atoms with Crippen molar-refractivity contribution in [2.24, 2.45) is 0 Å². The van der Waals surface area contributed by atoms with E-state index in [1.165, 1.54) is 18.2 Å². The van der Waals surface area contributed by atoms with Gasteiger partial charge in [0, 0.05) is 5.41 Å². The molecule has 0 amide bonds. The molecule has 28 heavy (non-hydrogen) atoms. The highest BCUT2D eigenvalue weighted by atomic mass is 19.1. The summed E-state index contributed by atoms with van der Waals surface area (Å²) >= 11 is 0. The summed E-state index contributed by atoms with van der Waals surface area (Å²) in [5.74, 6) is -3.10. The second-order valence-corrected chi connectivity index (χ2v) is 6.52. The molecule has 1 N–H and O–H groups in total. The Labute approximate surface area is 159 Å². The number of hydrogen-bond donors (Lipinski definition) is 1. The third kappa shape index (κ3) is 3.42. The van der Waals surface area contributed by atoms with Crippen LogP contribution in [0, 0.1) is 23.1 Å². The highest BCUT2D eigenvalue weighted by Crippen LogP contribution is 2.31. The van der Waals surface area contributed by atoms with E-state index in [-0.39, 0.29) is 17.0 Å². The van der Waals surface area contributed by atoms with Gasteiger partial charge in [-0.15, -0.1) is 0 Å². The van der Waals surface area contributed by atoms with E-state index in [1.54, 1.807) is 38.1 Å². The van der Waals surface area contributed by atoms with Crippen LogP contribution in [0.3, 0.4) is 0 Å². The van der Waals surface area contributed by atoms with Crippen LogP contribution in [0.2, 0.25) is 0 Å². The summed E-state index contributed by atoms with van der Waals surface area (Å²) in [6.07, 6.45) is 0. The van der Waals surface area contributed by atoms with Gasteiger partial charge in [-0.3, -0.25) is 4.98 Å². The second kappa shape index (κ2) is 7.12. The highest BCUT2D eigenvalue weighted by molar-refractivity contribution is 5.85. The van der Waals surface area contributed by atoms with Crippen molar-refractivity contribution in [3.8, 4) is 17.3 Å². The van der Waals surface area contributed by atoms with Crippen LogP contribution in [-0.2, 0) is 5.41 Å². The normalized spacial score (nSPS) is 11.1. The molecule has 140 valence electrons. The number of nitrogens with zero attached hydrogens (tertiary/aromatic N) is 4. The summed E-state index contributed by atoms with van der Waals surface area (Å²) in [7, 11) is 0. The number of carbonyl (C=O) groups is 1. The first-order chi connectivity index (χ1) is 13.2. The molecule has 0 saturated carbocycles. The van der Waals surface area contributed by atoms with Gasteiger partial charge in [-0.05, 0) is 44.2 Å². The average molecular weight is 380 g/mol. The van der Waals surface area contributed by atoms with Crippen LogP contribution in [0.4, 0.5) is 8.78 Å². The van der Waals surface area contributed by atoms with Crippen molar-refractivity contribution in [2.75, 3.05) is 0 Å². The van der Waals surface area contributed by atoms with Gasteiger partial charge in [0.2, 0.25) is 5.95 Å². The lowest BCUT2D eigenvalue weighted by molar-refractivity contribution is 0.0690. The Morgan fingerprint density at radius 3 is 2.36 bits per heavy atom. The second-order valence-electron chi connectivity index (χ2n) is 6.52. The molecule has 8 heteroatoms. The predicted octanol–water partition coefficient (Wildman–Crippen LogP) is 3.71. The Bertz CT molecular complexity index is 1120. The number of rotatable bonds is 4. The maximum Gasteiger partial charge on any atom is 0.354 e. The molecule has 3 aromatic heterocycles. The third-order valence-electron chi connectivity index (χ3n) is 4.31. The van der Waals surface area contributed by atoms with Crippen LogP contribution in [0.5, 0.6) is 0 Å². The lowest BCUT2D eigenvalue weighted by atomic mass is 9.84. The topological polar surface area (TPSA) is 99.8 Å². The van der Waals surface area contributed by atoms with Crippen LogP contribution in [-0.4, -0.2) is 26.0 Å². The summed E-state index contributed by atoms with van der Waals surface area (Å²) in [5.41, 5.74) is -0.657. The van der Waals surface area contributed by atoms with E-state index < -0.39 is 28.8 Å². The van der Waals surface area contributed by atoms with E-state index in [2.05, 4.69) is 15.0 Å². The van der Waals surface area contributed by atoms with Gasteiger partial charge in [-0.2, -0.15) is 9.65 Å². The fourth-order valence-electron chi connectivity index (χ4n) is 2.69. The molecule has 0 unspecified atom stereocenters. The Balaban J connectivity index is 2.09. The standard InChI is InChI=1S/C20H14F2N4O2/c1-20(2,17-8-4-6-14(25-17)19(27)28)16-7-3-5-13(24-16)11-9-12(21)15(10-23)26-18(11)22/h3-9H,1-2H3,(H,27,28). The van der Waals surface area contributed by atoms with Gasteiger partial charge in [0.05, 0.1) is 22.6 Å². The van der Waals surface area contributed by atoms with Gasteiger partial charge in [0.1, 0.15) is 11.8 Å². The average Bonchev–Trinajstić information content (AvgIpc) is 2.69. The van der Waals surface area contributed by atoms with Crippen molar-refractivity contribution in [1.29, 1.82) is 5.26 Å². The molecule has 3 rings (SSSR count). The van der Waals surface area contributed by atoms with Crippen LogP contribution in [0.25, 0.3) is 11.3 Å². The number of aromatic carboxylic acids is 1. The largest absolute Gasteiger partial charge is 0.477 e.